The number of furan rings is 1. The molecular formula is C56H37NO. The lowest BCUT2D eigenvalue weighted by Gasteiger charge is -2.29. The molecular weight excluding hydrogens is 703 g/mol. The van der Waals surface area contributed by atoms with Gasteiger partial charge in [0.2, 0.25) is 0 Å². The molecule has 1 aromatic heterocycles. The normalized spacial score (nSPS) is 11.4. The van der Waals surface area contributed by atoms with E-state index in [9.17, 15) is 0 Å². The minimum atomic E-state index is 0.903. The van der Waals surface area contributed by atoms with Gasteiger partial charge in [0.05, 0.1) is 5.69 Å². The van der Waals surface area contributed by atoms with Crippen LogP contribution in [0, 0.1) is 0 Å². The van der Waals surface area contributed by atoms with Gasteiger partial charge >= 0.3 is 0 Å². The first kappa shape index (κ1) is 33.6. The molecule has 0 bridgehead atoms. The number of fused-ring (bicyclic) bond motifs is 6. The summed E-state index contributed by atoms with van der Waals surface area (Å²) in [5.74, 6) is 0. The third-order valence-electron chi connectivity index (χ3n) is 11.5. The first-order valence-electron chi connectivity index (χ1n) is 19.8. The maximum Gasteiger partial charge on any atom is 0.143 e. The van der Waals surface area contributed by atoms with Crippen LogP contribution in [0.3, 0.4) is 0 Å². The van der Waals surface area contributed by atoms with Gasteiger partial charge in [-0.3, -0.25) is 0 Å². The van der Waals surface area contributed by atoms with Crippen LogP contribution in [0.15, 0.2) is 229 Å². The molecule has 0 aliphatic carbocycles. The number of para-hydroxylation sites is 2. The molecule has 2 nitrogen and oxygen atoms in total. The van der Waals surface area contributed by atoms with E-state index in [-0.39, 0.29) is 0 Å². The summed E-state index contributed by atoms with van der Waals surface area (Å²) in [7, 11) is 0. The molecule has 11 aromatic rings. The maximum absolute atomic E-state index is 6.45. The van der Waals surface area contributed by atoms with Crippen molar-refractivity contribution in [2.45, 2.75) is 0 Å². The lowest BCUT2D eigenvalue weighted by atomic mass is 9.91. The molecule has 0 radical (unpaired) electrons. The van der Waals surface area contributed by atoms with E-state index in [4.69, 9.17) is 4.42 Å². The summed E-state index contributed by atoms with van der Waals surface area (Å²) >= 11 is 0. The Labute approximate surface area is 337 Å². The van der Waals surface area contributed by atoms with Crippen molar-refractivity contribution in [1.82, 2.24) is 0 Å². The summed E-state index contributed by atoms with van der Waals surface area (Å²) in [6.07, 6.45) is 0. The zero-order valence-corrected chi connectivity index (χ0v) is 31.7. The molecule has 0 aliphatic rings. The Hall–Kier alpha value is -7.68. The Morgan fingerprint density at radius 1 is 0.310 bits per heavy atom. The summed E-state index contributed by atoms with van der Waals surface area (Å²) in [5, 5.41) is 7.28. The summed E-state index contributed by atoms with van der Waals surface area (Å²) in [6.45, 7) is 0. The summed E-state index contributed by atoms with van der Waals surface area (Å²) in [6, 6.07) is 80.7. The van der Waals surface area contributed by atoms with E-state index in [2.05, 4.69) is 217 Å². The standard InChI is InChI=1S/C56H37NO/c1-3-13-38(14-4-1)39-27-32-45(33-28-39)57(46-34-29-42(30-35-46)49-22-12-23-51-50-20-9-10-24-54(50)58-56(49)51)53-36-31-44(37-52(53)40-15-5-2-6-16-40)48-21-11-18-43-26-25-41-17-7-8-19-47(41)55(43)48/h1-37H. The maximum atomic E-state index is 6.45. The summed E-state index contributed by atoms with van der Waals surface area (Å²) in [4.78, 5) is 2.39. The average Bonchev–Trinajstić information content (AvgIpc) is 3.69. The Morgan fingerprint density at radius 3 is 1.62 bits per heavy atom. The smallest absolute Gasteiger partial charge is 0.143 e. The van der Waals surface area contributed by atoms with Gasteiger partial charge in [0, 0.05) is 33.3 Å². The van der Waals surface area contributed by atoms with Gasteiger partial charge < -0.3 is 9.32 Å². The number of nitrogens with zero attached hydrogens (tertiary/aromatic N) is 1. The van der Waals surface area contributed by atoms with Gasteiger partial charge in [-0.2, -0.15) is 0 Å². The predicted molar refractivity (Wildman–Crippen MR) is 245 cm³/mol. The molecule has 0 saturated carbocycles. The molecule has 58 heavy (non-hydrogen) atoms. The molecule has 0 saturated heterocycles. The van der Waals surface area contributed by atoms with E-state index in [0.717, 1.165) is 61.3 Å². The minimum Gasteiger partial charge on any atom is -0.455 e. The van der Waals surface area contributed by atoms with Crippen molar-refractivity contribution in [3.05, 3.63) is 224 Å². The van der Waals surface area contributed by atoms with Crippen LogP contribution in [0.25, 0.3) is 88.0 Å². The summed E-state index contributed by atoms with van der Waals surface area (Å²) < 4.78 is 6.45. The van der Waals surface area contributed by atoms with E-state index in [0.29, 0.717) is 0 Å². The number of benzene rings is 10. The van der Waals surface area contributed by atoms with Gasteiger partial charge in [-0.1, -0.05) is 182 Å². The number of anilines is 3. The van der Waals surface area contributed by atoms with E-state index >= 15 is 0 Å². The molecule has 0 spiro atoms. The van der Waals surface area contributed by atoms with E-state index in [1.807, 2.05) is 12.1 Å². The van der Waals surface area contributed by atoms with Crippen molar-refractivity contribution in [3.63, 3.8) is 0 Å². The lowest BCUT2D eigenvalue weighted by molar-refractivity contribution is 0.670. The van der Waals surface area contributed by atoms with E-state index in [1.165, 1.54) is 43.8 Å². The SMILES string of the molecule is c1ccc(-c2ccc(N(c3ccc(-c4cccc5c4oc4ccccc45)cc3)c3ccc(-c4cccc5ccc6ccccc6c45)cc3-c3ccccc3)cc2)cc1. The summed E-state index contributed by atoms with van der Waals surface area (Å²) in [5.41, 5.74) is 14.3. The van der Waals surface area contributed by atoms with Crippen LogP contribution in [-0.4, -0.2) is 0 Å². The van der Waals surface area contributed by atoms with Crippen molar-refractivity contribution in [3.8, 4) is 44.5 Å². The predicted octanol–water partition coefficient (Wildman–Crippen LogP) is 16.0. The third kappa shape index (κ3) is 5.82. The molecule has 0 aliphatic heterocycles. The minimum absolute atomic E-state index is 0.903. The molecule has 10 aromatic carbocycles. The van der Waals surface area contributed by atoms with Gasteiger partial charge in [-0.25, -0.2) is 0 Å². The lowest BCUT2D eigenvalue weighted by Crippen LogP contribution is -2.11. The Morgan fingerprint density at radius 2 is 0.845 bits per heavy atom. The molecule has 0 N–H and O–H groups in total. The second kappa shape index (κ2) is 14.1. The van der Waals surface area contributed by atoms with E-state index in [1.54, 1.807) is 0 Å². The van der Waals surface area contributed by atoms with Crippen LogP contribution in [-0.2, 0) is 0 Å². The quantitative estimate of drug-likeness (QED) is 0.151. The first-order valence-corrected chi connectivity index (χ1v) is 19.8. The number of hydrogen-bond donors (Lipinski definition) is 0. The van der Waals surface area contributed by atoms with Crippen molar-refractivity contribution < 1.29 is 4.42 Å². The molecule has 0 atom stereocenters. The molecule has 0 fully saturated rings. The highest BCUT2D eigenvalue weighted by Gasteiger charge is 2.20. The second-order valence-corrected chi connectivity index (χ2v) is 14.9. The zero-order chi connectivity index (χ0) is 38.4. The van der Waals surface area contributed by atoms with Crippen LogP contribution in [0.5, 0.6) is 0 Å². The van der Waals surface area contributed by atoms with Gasteiger partial charge in [0.1, 0.15) is 11.2 Å². The van der Waals surface area contributed by atoms with Gasteiger partial charge in [-0.15, -0.1) is 0 Å². The molecule has 272 valence electrons. The van der Waals surface area contributed by atoms with Crippen LogP contribution < -0.4 is 4.90 Å². The molecule has 1 heterocycles. The second-order valence-electron chi connectivity index (χ2n) is 14.9. The third-order valence-corrected chi connectivity index (χ3v) is 11.5. The van der Waals surface area contributed by atoms with Crippen LogP contribution in [0.4, 0.5) is 17.1 Å². The largest absolute Gasteiger partial charge is 0.455 e. The fraction of sp³-hybridized carbons (Fsp3) is 0. The fourth-order valence-corrected chi connectivity index (χ4v) is 8.67. The van der Waals surface area contributed by atoms with Gasteiger partial charge in [-0.05, 0) is 97.4 Å². The van der Waals surface area contributed by atoms with Gasteiger partial charge in [0.15, 0.2) is 0 Å². The fourth-order valence-electron chi connectivity index (χ4n) is 8.67. The monoisotopic (exact) mass is 739 g/mol. The zero-order valence-electron chi connectivity index (χ0n) is 31.7. The highest BCUT2D eigenvalue weighted by molar-refractivity contribution is 6.15. The van der Waals surface area contributed by atoms with Gasteiger partial charge in [0.25, 0.3) is 0 Å². The van der Waals surface area contributed by atoms with Crippen LogP contribution >= 0.6 is 0 Å². The highest BCUT2D eigenvalue weighted by Crippen LogP contribution is 2.45. The van der Waals surface area contributed by atoms with Crippen molar-refractivity contribution in [2.75, 3.05) is 4.90 Å². The first-order chi connectivity index (χ1) is 28.8. The molecule has 2 heteroatoms. The molecule has 0 unspecified atom stereocenters. The Bertz CT molecular complexity index is 3250. The van der Waals surface area contributed by atoms with Crippen molar-refractivity contribution in [1.29, 1.82) is 0 Å². The van der Waals surface area contributed by atoms with Crippen LogP contribution in [0.2, 0.25) is 0 Å². The number of hydrogen-bond acceptors (Lipinski definition) is 2. The average molecular weight is 740 g/mol. The van der Waals surface area contributed by atoms with Crippen molar-refractivity contribution in [2.24, 2.45) is 0 Å². The van der Waals surface area contributed by atoms with Crippen LogP contribution in [0.1, 0.15) is 0 Å². The molecule has 0 amide bonds. The molecule has 11 rings (SSSR count). The highest BCUT2D eigenvalue weighted by atomic mass is 16.3. The topological polar surface area (TPSA) is 16.4 Å². The van der Waals surface area contributed by atoms with E-state index < -0.39 is 0 Å². The van der Waals surface area contributed by atoms with Crippen molar-refractivity contribution >= 4 is 60.5 Å². The Kier molecular flexibility index (Phi) is 8.19. The number of rotatable bonds is 7. The Balaban J connectivity index is 1.09.